The van der Waals surface area contributed by atoms with Crippen molar-refractivity contribution < 1.29 is 13.2 Å². The maximum atomic E-state index is 12.6. The zero-order valence-corrected chi connectivity index (χ0v) is 12.4. The number of nitrogens with one attached hydrogen (secondary N) is 1. The molecule has 1 aromatic carbocycles. The predicted molar refractivity (Wildman–Crippen MR) is 75.1 cm³/mol. The van der Waals surface area contributed by atoms with Gasteiger partial charge < -0.3 is 5.32 Å². The van der Waals surface area contributed by atoms with Crippen molar-refractivity contribution in [3.8, 4) is 0 Å². The van der Waals surface area contributed by atoms with Crippen molar-refractivity contribution in [3.05, 3.63) is 56.2 Å². The van der Waals surface area contributed by atoms with Crippen molar-refractivity contribution in [2.45, 2.75) is 19.1 Å². The van der Waals surface area contributed by atoms with Gasteiger partial charge in [-0.2, -0.15) is 13.2 Å². The minimum atomic E-state index is -4.45. The Labute approximate surface area is 129 Å². The summed E-state index contributed by atoms with van der Waals surface area (Å²) < 4.78 is 37.8. The van der Waals surface area contributed by atoms with E-state index in [4.69, 9.17) is 34.8 Å². The maximum absolute atomic E-state index is 12.6. The summed E-state index contributed by atoms with van der Waals surface area (Å²) in [6.45, 7) is 1.78. The SMILES string of the molecule is Cc1cc(C2NC=C(C(F)(F)F)C=C2Cl)c(Cl)cc1Cl. The molecule has 0 aromatic heterocycles. The van der Waals surface area contributed by atoms with E-state index < -0.39 is 17.8 Å². The van der Waals surface area contributed by atoms with Crippen molar-refractivity contribution in [3.63, 3.8) is 0 Å². The Balaban J connectivity index is 2.37. The summed E-state index contributed by atoms with van der Waals surface area (Å²) in [5.74, 6) is 0. The second-order valence-electron chi connectivity index (χ2n) is 4.35. The molecule has 0 aliphatic carbocycles. The standard InChI is InChI=1S/C13H9Cl3F3N/c1-6-2-8(10(15)4-9(6)14)12-11(16)3-7(5-20-12)13(17,18)19/h2-5,12,20H,1H3. The van der Waals surface area contributed by atoms with Crippen molar-refractivity contribution in [1.29, 1.82) is 0 Å². The van der Waals surface area contributed by atoms with E-state index >= 15 is 0 Å². The van der Waals surface area contributed by atoms with Crippen molar-refractivity contribution in [1.82, 2.24) is 5.32 Å². The first-order chi connectivity index (χ1) is 9.20. The van der Waals surface area contributed by atoms with Gasteiger partial charge in [0, 0.05) is 21.3 Å². The first-order valence-electron chi connectivity index (χ1n) is 5.56. The van der Waals surface area contributed by atoms with Crippen LogP contribution in [0.4, 0.5) is 13.2 Å². The minimum Gasteiger partial charge on any atom is -0.379 e. The van der Waals surface area contributed by atoms with Crippen LogP contribution in [0.5, 0.6) is 0 Å². The van der Waals surface area contributed by atoms with Crippen LogP contribution in [0.3, 0.4) is 0 Å². The van der Waals surface area contributed by atoms with E-state index in [-0.39, 0.29) is 5.03 Å². The number of alkyl halides is 3. The van der Waals surface area contributed by atoms with Crippen LogP contribution in [-0.4, -0.2) is 6.18 Å². The van der Waals surface area contributed by atoms with Crippen molar-refractivity contribution in [2.24, 2.45) is 0 Å². The third-order valence-corrected chi connectivity index (χ3v) is 3.95. The zero-order chi connectivity index (χ0) is 15.1. The number of hydrogen-bond donors (Lipinski definition) is 1. The third kappa shape index (κ3) is 3.08. The molecule has 0 saturated carbocycles. The molecule has 2 rings (SSSR count). The lowest BCUT2D eigenvalue weighted by atomic mass is 10.0. The van der Waals surface area contributed by atoms with Gasteiger partial charge in [0.2, 0.25) is 0 Å². The molecule has 0 radical (unpaired) electrons. The van der Waals surface area contributed by atoms with E-state index in [0.717, 1.165) is 17.8 Å². The lowest BCUT2D eigenvalue weighted by Gasteiger charge is -2.24. The highest BCUT2D eigenvalue weighted by atomic mass is 35.5. The predicted octanol–water partition coefficient (Wildman–Crippen LogP) is 5.52. The zero-order valence-electron chi connectivity index (χ0n) is 10.2. The molecule has 1 nitrogen and oxygen atoms in total. The van der Waals surface area contributed by atoms with Gasteiger partial charge >= 0.3 is 6.18 Å². The molecule has 0 amide bonds. The van der Waals surface area contributed by atoms with Crippen LogP contribution in [0.1, 0.15) is 17.2 Å². The Morgan fingerprint density at radius 3 is 2.30 bits per heavy atom. The second kappa shape index (κ2) is 5.51. The highest BCUT2D eigenvalue weighted by Gasteiger charge is 2.35. The van der Waals surface area contributed by atoms with Crippen molar-refractivity contribution in [2.75, 3.05) is 0 Å². The lowest BCUT2D eigenvalue weighted by molar-refractivity contribution is -0.0888. The Hall–Kier alpha value is -0.840. The van der Waals surface area contributed by atoms with Gasteiger partial charge in [-0.05, 0) is 30.2 Å². The van der Waals surface area contributed by atoms with Gasteiger partial charge in [-0.1, -0.05) is 40.9 Å². The molecular weight excluding hydrogens is 334 g/mol. The summed E-state index contributed by atoms with van der Waals surface area (Å²) in [6.07, 6.45) is -2.67. The van der Waals surface area contributed by atoms with Crippen LogP contribution in [0, 0.1) is 6.92 Å². The van der Waals surface area contributed by atoms with Crippen LogP contribution in [0.2, 0.25) is 10.0 Å². The Morgan fingerprint density at radius 2 is 1.75 bits per heavy atom. The molecule has 1 aromatic rings. The monoisotopic (exact) mass is 341 g/mol. The summed E-state index contributed by atoms with van der Waals surface area (Å²) in [4.78, 5) is 0. The van der Waals surface area contributed by atoms with E-state index in [9.17, 15) is 13.2 Å². The summed E-state index contributed by atoms with van der Waals surface area (Å²) in [5.41, 5.74) is 0.510. The van der Waals surface area contributed by atoms with E-state index in [1.54, 1.807) is 19.1 Å². The normalized spacial score (nSPS) is 19.2. The Kier molecular flexibility index (Phi) is 4.28. The molecule has 108 valence electrons. The van der Waals surface area contributed by atoms with E-state index in [1.165, 1.54) is 0 Å². The fourth-order valence-electron chi connectivity index (χ4n) is 1.83. The molecule has 0 fully saturated rings. The summed E-state index contributed by atoms with van der Waals surface area (Å²) in [7, 11) is 0. The average Bonchev–Trinajstić information content (AvgIpc) is 2.33. The number of aryl methyl sites for hydroxylation is 1. The van der Waals surface area contributed by atoms with Gasteiger partial charge in [0.1, 0.15) is 0 Å². The Bertz CT molecular complexity index is 606. The lowest BCUT2D eigenvalue weighted by Crippen LogP contribution is -2.24. The number of halogens is 6. The molecule has 1 unspecified atom stereocenters. The van der Waals surface area contributed by atoms with E-state index in [2.05, 4.69) is 5.32 Å². The highest BCUT2D eigenvalue weighted by Crippen LogP contribution is 2.38. The van der Waals surface area contributed by atoms with Gasteiger partial charge in [-0.3, -0.25) is 0 Å². The minimum absolute atomic E-state index is 0.0171. The molecule has 0 bridgehead atoms. The van der Waals surface area contributed by atoms with Crippen LogP contribution < -0.4 is 5.32 Å². The highest BCUT2D eigenvalue weighted by molar-refractivity contribution is 6.36. The van der Waals surface area contributed by atoms with E-state index in [1.807, 2.05) is 0 Å². The molecule has 0 saturated heterocycles. The third-order valence-electron chi connectivity index (χ3n) is 2.89. The fourth-order valence-corrected chi connectivity index (χ4v) is 2.62. The van der Waals surface area contributed by atoms with Crippen LogP contribution >= 0.6 is 34.8 Å². The van der Waals surface area contributed by atoms with E-state index in [0.29, 0.717) is 15.6 Å². The van der Waals surface area contributed by atoms with Gasteiger partial charge in [-0.25, -0.2) is 0 Å². The topological polar surface area (TPSA) is 12.0 Å². The first kappa shape index (κ1) is 15.5. The number of allylic oxidation sites excluding steroid dienone is 2. The van der Waals surface area contributed by atoms with Gasteiger partial charge in [-0.15, -0.1) is 0 Å². The molecule has 1 aliphatic rings. The van der Waals surface area contributed by atoms with Gasteiger partial charge in [0.15, 0.2) is 0 Å². The quantitative estimate of drug-likeness (QED) is 0.709. The number of benzene rings is 1. The maximum Gasteiger partial charge on any atom is 0.417 e. The van der Waals surface area contributed by atoms with Crippen LogP contribution in [0.15, 0.2) is 35.0 Å². The Morgan fingerprint density at radius 1 is 1.10 bits per heavy atom. The summed E-state index contributed by atoms with van der Waals surface area (Å²) in [6, 6.07) is 2.62. The van der Waals surface area contributed by atoms with Crippen LogP contribution in [0.25, 0.3) is 0 Å². The molecule has 20 heavy (non-hydrogen) atoms. The number of hydrogen-bond acceptors (Lipinski definition) is 1. The largest absolute Gasteiger partial charge is 0.417 e. The molecule has 1 aliphatic heterocycles. The molecule has 0 spiro atoms. The molecule has 7 heteroatoms. The summed E-state index contributed by atoms with van der Waals surface area (Å²) in [5, 5.41) is 3.47. The molecule has 1 N–H and O–H groups in total. The molecule has 1 heterocycles. The fraction of sp³-hybridized carbons (Fsp3) is 0.231. The van der Waals surface area contributed by atoms with Gasteiger partial charge in [0.25, 0.3) is 0 Å². The van der Waals surface area contributed by atoms with Crippen molar-refractivity contribution >= 4 is 34.8 Å². The number of dihydropyridines is 1. The smallest absolute Gasteiger partial charge is 0.379 e. The second-order valence-corrected chi connectivity index (χ2v) is 5.60. The summed E-state index contributed by atoms with van der Waals surface area (Å²) >= 11 is 18.0. The average molecular weight is 343 g/mol. The van der Waals surface area contributed by atoms with Crippen LogP contribution in [-0.2, 0) is 0 Å². The first-order valence-corrected chi connectivity index (χ1v) is 6.69. The molecule has 1 atom stereocenters. The molecular formula is C13H9Cl3F3N. The van der Waals surface area contributed by atoms with Gasteiger partial charge in [0.05, 0.1) is 11.6 Å². The number of rotatable bonds is 1.